The molecule has 9 aliphatic heterocycles. The normalized spacial score (nSPS) is 47.0. The van der Waals surface area contributed by atoms with Gasteiger partial charge in [0, 0.05) is 27.7 Å². The van der Waals surface area contributed by atoms with Crippen molar-refractivity contribution in [2.75, 3.05) is 66.1 Å². The Hall–Kier alpha value is -3.96. The lowest BCUT2D eigenvalue weighted by Crippen LogP contribution is -2.71. The van der Waals surface area contributed by atoms with Crippen molar-refractivity contribution in [3.8, 4) is 0 Å². The second-order valence-electron chi connectivity index (χ2n) is 30.8. The van der Waals surface area contributed by atoms with Gasteiger partial charge in [-0.1, -0.05) is 0 Å². The summed E-state index contributed by atoms with van der Waals surface area (Å²) < 4.78 is 108. The van der Waals surface area contributed by atoms with E-state index in [0.29, 0.717) is 0 Å². The van der Waals surface area contributed by atoms with Crippen LogP contribution in [-0.2, 0) is 104 Å². The van der Waals surface area contributed by atoms with Crippen LogP contribution in [0.15, 0.2) is 0 Å². The maximum absolute atomic E-state index is 13.4. The van der Waals surface area contributed by atoms with Crippen LogP contribution >= 0.6 is 0 Å². The van der Waals surface area contributed by atoms with Gasteiger partial charge < -0.3 is 250 Å². The number of aliphatic hydroxyl groups is 28. The van der Waals surface area contributed by atoms with E-state index in [4.69, 9.17) is 85.3 Å². The molecule has 122 heavy (non-hydrogen) atoms. The van der Waals surface area contributed by atoms with E-state index in [0.717, 1.165) is 27.7 Å². The predicted octanol–water partition coefficient (Wildman–Crippen LogP) is -21.6. The Morgan fingerprint density at radius 2 is 0.656 bits per heavy atom. The fraction of sp³-hybridized carbons (Fsp3) is 0.941. The molecule has 708 valence electrons. The SMILES string of the molecule is CC(=O)N[C@H]1[C@H](O[C@@H]([C@H](O)[C@H](CO)NC(C)=O)[C@H](O)CO[C@@H]2O[C@@H](C)[C@@H](O)[C@@H](O)[C@@H]2O)O[C@H](CO)[C@@H](O[C@@H]2O[C@H](CO[C@H]3O[C@H](CO[C@H]4O[C@H](CO)[C@@H](O)[C@H](O)[C@@H]4O)[C@@H](O)[C@H](O[C@H]4O[C@H](CO)[C@@H](O)[C@H](O)[C@@H]4O)[C@@H]3O)[C@@H](O[C@@H]3O[C@H](CO)[C@@H](O)[C@H](O)[C@H]3NC(C)=O)[C@H](O[C@H]3O[C@H](CO)[C@@H](O)[C@H](O)[C@@H]3O[C@@H]3O[C@H](CO)[C@@H](O)[C@H](O)[C@H]3NC(C)=O)[C@@H]2O)[C@@H]1O. The van der Waals surface area contributed by atoms with Gasteiger partial charge in [0.1, 0.15) is 232 Å². The van der Waals surface area contributed by atoms with Crippen molar-refractivity contribution in [2.45, 2.75) is 335 Å². The molecule has 0 aromatic heterocycles. The average Bonchev–Trinajstić information content (AvgIpc) is 0.748. The molecular formula is C68H116N4O50. The number of nitrogens with one attached hydrogen (secondary N) is 4. The lowest BCUT2D eigenvalue weighted by atomic mass is 9.93. The van der Waals surface area contributed by atoms with Crippen LogP contribution in [0.2, 0.25) is 0 Å². The number of carbonyl (C=O) groups is 4. The van der Waals surface area contributed by atoms with E-state index in [1.807, 2.05) is 0 Å². The van der Waals surface area contributed by atoms with Gasteiger partial charge >= 0.3 is 0 Å². The fourth-order valence-corrected chi connectivity index (χ4v) is 15.3. The smallest absolute Gasteiger partial charge is 0.217 e. The van der Waals surface area contributed by atoms with Gasteiger partial charge in [0.15, 0.2) is 56.6 Å². The first kappa shape index (κ1) is 102. The summed E-state index contributed by atoms with van der Waals surface area (Å²) in [6, 6.07) is -7.86. The van der Waals surface area contributed by atoms with Crippen LogP contribution in [0.3, 0.4) is 0 Å². The summed E-state index contributed by atoms with van der Waals surface area (Å²) in [5.41, 5.74) is 0. The molecule has 0 spiro atoms. The minimum Gasteiger partial charge on any atom is -0.394 e. The van der Waals surface area contributed by atoms with E-state index in [2.05, 4.69) is 21.3 Å². The number of hydrogen-bond donors (Lipinski definition) is 32. The van der Waals surface area contributed by atoms with Crippen molar-refractivity contribution in [1.82, 2.24) is 21.3 Å². The predicted molar refractivity (Wildman–Crippen MR) is 377 cm³/mol. The maximum atomic E-state index is 13.4. The highest BCUT2D eigenvalue weighted by Gasteiger charge is 2.61. The number of ether oxygens (including phenoxy) is 18. The van der Waals surface area contributed by atoms with Gasteiger partial charge in [0.2, 0.25) is 23.6 Å². The summed E-state index contributed by atoms with van der Waals surface area (Å²) >= 11 is 0. The highest BCUT2D eigenvalue weighted by molar-refractivity contribution is 5.74. The van der Waals surface area contributed by atoms with Gasteiger partial charge in [0.05, 0.1) is 78.2 Å². The minimum absolute atomic E-state index is 0.869. The van der Waals surface area contributed by atoms with Crippen molar-refractivity contribution in [1.29, 1.82) is 0 Å². The number of hydrogen-bond acceptors (Lipinski definition) is 50. The van der Waals surface area contributed by atoms with Gasteiger partial charge in [-0.15, -0.1) is 0 Å². The molecule has 0 aromatic rings. The van der Waals surface area contributed by atoms with Crippen LogP contribution in [0.4, 0.5) is 0 Å². The van der Waals surface area contributed by atoms with E-state index in [1.54, 1.807) is 0 Å². The summed E-state index contributed by atoms with van der Waals surface area (Å²) in [5.74, 6) is -3.90. The lowest BCUT2D eigenvalue weighted by Gasteiger charge is -2.52. The Bertz CT molecular complexity index is 3230. The van der Waals surface area contributed by atoms with Crippen LogP contribution in [0.5, 0.6) is 0 Å². The maximum Gasteiger partial charge on any atom is 0.217 e. The summed E-state index contributed by atoms with van der Waals surface area (Å²) in [7, 11) is 0. The van der Waals surface area contributed by atoms with Crippen LogP contribution in [0, 0.1) is 0 Å². The van der Waals surface area contributed by atoms with E-state index in [-0.39, 0.29) is 0 Å². The zero-order chi connectivity index (χ0) is 90.2. The third-order valence-corrected chi connectivity index (χ3v) is 22.1. The van der Waals surface area contributed by atoms with E-state index >= 15 is 0 Å². The van der Waals surface area contributed by atoms with E-state index < -0.39 is 390 Å². The molecule has 9 rings (SSSR count). The Morgan fingerprint density at radius 3 is 1.14 bits per heavy atom. The molecule has 0 radical (unpaired) electrons. The number of carbonyl (C=O) groups excluding carboxylic acids is 4. The van der Waals surface area contributed by atoms with Crippen LogP contribution < -0.4 is 21.3 Å². The fourth-order valence-electron chi connectivity index (χ4n) is 15.3. The molecule has 0 aliphatic carbocycles. The molecule has 9 aliphatic rings. The molecule has 54 heteroatoms. The van der Waals surface area contributed by atoms with Crippen molar-refractivity contribution in [3.63, 3.8) is 0 Å². The Morgan fingerprint density at radius 1 is 0.303 bits per heavy atom. The average molecular weight is 1790 g/mol. The molecule has 4 amide bonds. The second-order valence-corrected chi connectivity index (χ2v) is 30.8. The monoisotopic (exact) mass is 1790 g/mol. The van der Waals surface area contributed by atoms with E-state index in [1.165, 1.54) is 6.92 Å². The molecule has 9 saturated heterocycles. The first-order chi connectivity index (χ1) is 57.6. The van der Waals surface area contributed by atoms with Crippen LogP contribution in [-0.4, -0.2) is 533 Å². The van der Waals surface area contributed by atoms with Gasteiger partial charge in [-0.25, -0.2) is 0 Å². The molecule has 9 fully saturated rings. The van der Waals surface area contributed by atoms with E-state index in [9.17, 15) is 162 Å². The van der Waals surface area contributed by atoms with Gasteiger partial charge in [0.25, 0.3) is 0 Å². The van der Waals surface area contributed by atoms with Crippen molar-refractivity contribution < 1.29 is 247 Å². The highest BCUT2D eigenvalue weighted by Crippen LogP contribution is 2.41. The zero-order valence-corrected chi connectivity index (χ0v) is 65.9. The zero-order valence-electron chi connectivity index (χ0n) is 65.9. The summed E-state index contributed by atoms with van der Waals surface area (Å²) in [6.45, 7) is -6.67. The molecule has 0 unspecified atom stereocenters. The summed E-state index contributed by atoms with van der Waals surface area (Å²) in [5, 5.41) is 323. The van der Waals surface area contributed by atoms with Crippen molar-refractivity contribution >= 4 is 23.6 Å². The number of aliphatic hydroxyl groups excluding tert-OH is 28. The van der Waals surface area contributed by atoms with Gasteiger partial charge in [-0.2, -0.15) is 0 Å². The summed E-state index contributed by atoms with van der Waals surface area (Å²) in [4.78, 5) is 51.6. The third-order valence-electron chi connectivity index (χ3n) is 22.1. The molecular weight excluding hydrogens is 1670 g/mol. The molecule has 0 saturated carbocycles. The number of rotatable bonds is 35. The molecule has 0 bridgehead atoms. The van der Waals surface area contributed by atoms with Gasteiger partial charge in [-0.05, 0) is 6.92 Å². The Kier molecular flexibility index (Phi) is 37.6. The standard InChI is InChI=1S/C68H116N4O50/c1-16-34(85)45(96)49(100)63(108-16)105-13-22(84)54(35(86)21(6-73)69-17(2)80)117-62-33(72-20(5)83)44(95)55(28(12-79)114-62)118-67-53(104)58(121-68-59(48(99)40(91)27(11-78)113-68)122-61-32(71-19(4)82)43(94)37(88)24(8-75)110-61)56(119-60-31(70-18(3)81)42(93)36(87)23(7-74)109-60)30(116-67)15-107-65-52(103)57(120-66-51(102)47(98)39(90)26(10-77)112-66)41(92)29(115-65)14-106-64-50(101)46(97)38(89)25(9-76)111-64/h16,21-68,73-79,84-104H,6-15H2,1-5H3,(H,69,80)(H,70,81)(H,71,82)(H,72,83)/t16-,21-,22+,23+,24+,25+,26+,27+,28+,29+,30+,31+,32+,33+,34+,35+,36+,37+,38+,39+,40+,41+,42+,43+,44+,45+,46-,47-,48-,49-,50-,51-,52-,53-,54+,55+,56+,57-,58+,59-,60-,61-,62-,63+,64-,65-,66+,67-,68+/m0/s1. The lowest BCUT2D eigenvalue weighted by molar-refractivity contribution is -0.406. The largest absolute Gasteiger partial charge is 0.394 e. The van der Waals surface area contributed by atoms with Gasteiger partial charge in [-0.3, -0.25) is 19.2 Å². The topological polar surface area (TPSA) is 849 Å². The summed E-state index contributed by atoms with van der Waals surface area (Å²) in [6.07, 6.45) is -97.9. The molecule has 49 atom stereocenters. The quantitative estimate of drug-likeness (QED) is 0.0280. The first-order valence-electron chi connectivity index (χ1n) is 38.9. The Balaban J connectivity index is 1.17. The first-order valence-corrected chi connectivity index (χ1v) is 38.9. The highest BCUT2D eigenvalue weighted by atomic mass is 16.8. The molecule has 0 aromatic carbocycles. The molecule has 32 N–H and O–H groups in total. The van der Waals surface area contributed by atoms with Crippen LogP contribution in [0.1, 0.15) is 34.6 Å². The molecule has 9 heterocycles. The van der Waals surface area contributed by atoms with Crippen molar-refractivity contribution in [3.05, 3.63) is 0 Å². The second kappa shape index (κ2) is 45.0. The number of amides is 4. The Labute approximate surface area is 691 Å². The molecule has 54 nitrogen and oxygen atoms in total. The van der Waals surface area contributed by atoms with Crippen molar-refractivity contribution in [2.24, 2.45) is 0 Å². The minimum atomic E-state index is -2.78. The third kappa shape index (κ3) is 23.2. The van der Waals surface area contributed by atoms with Crippen LogP contribution in [0.25, 0.3) is 0 Å².